The minimum Gasteiger partial charge on any atom is -0.460 e. The molecule has 0 spiro atoms. The van der Waals surface area contributed by atoms with Crippen molar-refractivity contribution in [1.29, 1.82) is 0 Å². The Morgan fingerprint density at radius 1 is 1.12 bits per heavy atom. The van der Waals surface area contributed by atoms with E-state index in [2.05, 4.69) is 19.9 Å². The Morgan fingerprint density at radius 2 is 1.94 bits per heavy atom. The second-order valence-electron chi connectivity index (χ2n) is 8.48. The van der Waals surface area contributed by atoms with Gasteiger partial charge in [0, 0.05) is 18.0 Å². The first kappa shape index (κ1) is 21.2. The molecule has 0 fully saturated rings. The van der Waals surface area contributed by atoms with Crippen LogP contribution >= 0.6 is 0 Å². The number of esters is 1. The van der Waals surface area contributed by atoms with Gasteiger partial charge < -0.3 is 14.7 Å². The van der Waals surface area contributed by atoms with Crippen molar-refractivity contribution in [2.45, 2.75) is 27.4 Å². The standard InChI is InChI=1S/C25H24N4O3/c1-25(2,3)24(31)32-15-18-7-5-4-6-16(18)8-9-19-14-17(10-12-26-19)21-28-22-20(11-13-27-22)23(30)29-21/h4-14H,15H2,1-3H3,(H2,27,28,29,30). The highest BCUT2D eigenvalue weighted by atomic mass is 16.5. The molecule has 0 atom stereocenters. The van der Waals surface area contributed by atoms with Gasteiger partial charge in [-0.1, -0.05) is 30.3 Å². The number of nitrogens with one attached hydrogen (secondary N) is 2. The van der Waals surface area contributed by atoms with Crippen molar-refractivity contribution < 1.29 is 9.53 Å². The lowest BCUT2D eigenvalue weighted by atomic mass is 9.97. The highest BCUT2D eigenvalue weighted by Gasteiger charge is 2.23. The van der Waals surface area contributed by atoms with Crippen molar-refractivity contribution in [2.75, 3.05) is 0 Å². The third kappa shape index (κ3) is 4.67. The van der Waals surface area contributed by atoms with Gasteiger partial charge in [-0.2, -0.15) is 0 Å². The number of rotatable bonds is 5. The Balaban J connectivity index is 1.57. The van der Waals surface area contributed by atoms with Crippen molar-refractivity contribution in [1.82, 2.24) is 19.9 Å². The average molecular weight is 428 g/mol. The van der Waals surface area contributed by atoms with E-state index in [0.717, 1.165) is 16.7 Å². The van der Waals surface area contributed by atoms with Crippen LogP contribution in [-0.2, 0) is 16.1 Å². The Morgan fingerprint density at radius 3 is 2.75 bits per heavy atom. The zero-order valence-electron chi connectivity index (χ0n) is 18.2. The van der Waals surface area contributed by atoms with E-state index in [4.69, 9.17) is 4.74 Å². The summed E-state index contributed by atoms with van der Waals surface area (Å²) in [5.41, 5.74) is 3.09. The molecule has 3 aromatic heterocycles. The van der Waals surface area contributed by atoms with Crippen LogP contribution in [0, 0.1) is 5.41 Å². The first-order valence-corrected chi connectivity index (χ1v) is 10.3. The molecule has 0 bridgehead atoms. The van der Waals surface area contributed by atoms with E-state index >= 15 is 0 Å². The molecule has 0 saturated carbocycles. The van der Waals surface area contributed by atoms with Gasteiger partial charge in [0.15, 0.2) is 0 Å². The summed E-state index contributed by atoms with van der Waals surface area (Å²) in [6.45, 7) is 5.69. The molecule has 1 aromatic carbocycles. The van der Waals surface area contributed by atoms with Crippen LogP contribution in [0.15, 0.2) is 59.7 Å². The molecule has 0 saturated heterocycles. The number of fused-ring (bicyclic) bond motifs is 1. The Hall–Kier alpha value is -4.00. The Bertz CT molecular complexity index is 1360. The molecular formula is C25H24N4O3. The summed E-state index contributed by atoms with van der Waals surface area (Å²) in [4.78, 5) is 39.0. The number of aromatic nitrogens is 4. The fourth-order valence-electron chi connectivity index (χ4n) is 3.14. The summed E-state index contributed by atoms with van der Waals surface area (Å²) >= 11 is 0. The van der Waals surface area contributed by atoms with E-state index in [1.54, 1.807) is 24.5 Å². The Kier molecular flexibility index (Phi) is 5.73. The number of aromatic amines is 2. The van der Waals surface area contributed by atoms with Gasteiger partial charge in [0.05, 0.1) is 16.5 Å². The second-order valence-corrected chi connectivity index (χ2v) is 8.48. The lowest BCUT2D eigenvalue weighted by Crippen LogP contribution is -2.22. The van der Waals surface area contributed by atoms with Crippen LogP contribution in [0.3, 0.4) is 0 Å². The van der Waals surface area contributed by atoms with Crippen LogP contribution in [0.4, 0.5) is 0 Å². The normalized spacial score (nSPS) is 11.8. The molecule has 0 aliphatic carbocycles. The summed E-state index contributed by atoms with van der Waals surface area (Å²) in [5, 5.41) is 0.520. The van der Waals surface area contributed by atoms with Gasteiger partial charge in [-0.05, 0) is 56.2 Å². The highest BCUT2D eigenvalue weighted by molar-refractivity contribution is 5.77. The van der Waals surface area contributed by atoms with Crippen molar-refractivity contribution in [3.63, 3.8) is 0 Å². The number of hydrogen-bond donors (Lipinski definition) is 2. The first-order chi connectivity index (χ1) is 15.3. The number of pyridine rings is 1. The lowest BCUT2D eigenvalue weighted by molar-refractivity contribution is -0.154. The maximum Gasteiger partial charge on any atom is 0.311 e. The second kappa shape index (κ2) is 8.63. The molecule has 0 radical (unpaired) electrons. The third-order valence-electron chi connectivity index (χ3n) is 4.94. The molecule has 4 aromatic rings. The van der Waals surface area contributed by atoms with E-state index in [9.17, 15) is 9.59 Å². The number of H-pyrrole nitrogens is 2. The number of carbonyl (C=O) groups is 1. The number of hydrogen-bond acceptors (Lipinski definition) is 5. The van der Waals surface area contributed by atoms with Crippen LogP contribution < -0.4 is 5.56 Å². The fraction of sp³-hybridized carbons (Fsp3) is 0.200. The summed E-state index contributed by atoms with van der Waals surface area (Å²) in [6.07, 6.45) is 7.16. The van der Waals surface area contributed by atoms with Crippen molar-refractivity contribution in [2.24, 2.45) is 5.41 Å². The van der Waals surface area contributed by atoms with Gasteiger partial charge in [0.2, 0.25) is 0 Å². The highest BCUT2D eigenvalue weighted by Crippen LogP contribution is 2.20. The van der Waals surface area contributed by atoms with E-state index in [1.807, 2.05) is 63.3 Å². The largest absolute Gasteiger partial charge is 0.460 e. The fourth-order valence-corrected chi connectivity index (χ4v) is 3.14. The number of nitrogens with zero attached hydrogens (tertiary/aromatic N) is 2. The van der Waals surface area contributed by atoms with E-state index in [0.29, 0.717) is 22.6 Å². The molecule has 0 aliphatic heterocycles. The third-order valence-corrected chi connectivity index (χ3v) is 4.94. The Labute approximate surface area is 185 Å². The van der Waals surface area contributed by atoms with E-state index in [1.165, 1.54) is 0 Å². The van der Waals surface area contributed by atoms with Crippen LogP contribution in [0.2, 0.25) is 0 Å². The van der Waals surface area contributed by atoms with Gasteiger partial charge in [0.1, 0.15) is 18.1 Å². The monoisotopic (exact) mass is 428 g/mol. The maximum absolute atomic E-state index is 12.3. The molecule has 0 unspecified atom stereocenters. The summed E-state index contributed by atoms with van der Waals surface area (Å²) in [6, 6.07) is 13.1. The SMILES string of the molecule is CC(C)(C)C(=O)OCc1ccccc1C=Cc1cc(-c2nc3[nH]ccc3c(=O)[nH]2)ccn1. The van der Waals surface area contributed by atoms with Crippen LogP contribution in [0.5, 0.6) is 0 Å². The number of carbonyl (C=O) groups excluding carboxylic acids is 1. The zero-order valence-corrected chi connectivity index (χ0v) is 18.2. The number of ether oxygens (including phenoxy) is 1. The zero-order chi connectivity index (χ0) is 22.7. The molecular weight excluding hydrogens is 404 g/mol. The molecule has 0 aliphatic rings. The quantitative estimate of drug-likeness (QED) is 0.454. The minimum atomic E-state index is -0.548. The molecule has 32 heavy (non-hydrogen) atoms. The minimum absolute atomic E-state index is 0.195. The van der Waals surface area contributed by atoms with Gasteiger partial charge in [-0.15, -0.1) is 0 Å². The van der Waals surface area contributed by atoms with E-state index in [-0.39, 0.29) is 18.1 Å². The smallest absolute Gasteiger partial charge is 0.311 e. The lowest BCUT2D eigenvalue weighted by Gasteiger charge is -2.17. The molecule has 0 amide bonds. The molecule has 162 valence electrons. The molecule has 7 nitrogen and oxygen atoms in total. The summed E-state index contributed by atoms with van der Waals surface area (Å²) in [5.74, 6) is 0.225. The maximum atomic E-state index is 12.3. The van der Waals surface area contributed by atoms with Crippen LogP contribution in [0.1, 0.15) is 37.6 Å². The van der Waals surface area contributed by atoms with Gasteiger partial charge in [0.25, 0.3) is 5.56 Å². The first-order valence-electron chi connectivity index (χ1n) is 10.3. The predicted molar refractivity (Wildman–Crippen MR) is 125 cm³/mol. The average Bonchev–Trinajstić information content (AvgIpc) is 3.25. The predicted octanol–water partition coefficient (Wildman–Crippen LogP) is 4.57. The molecule has 4 rings (SSSR count). The van der Waals surface area contributed by atoms with Gasteiger partial charge >= 0.3 is 5.97 Å². The van der Waals surface area contributed by atoms with E-state index < -0.39 is 5.41 Å². The van der Waals surface area contributed by atoms with Crippen molar-refractivity contribution >= 4 is 29.2 Å². The molecule has 7 heteroatoms. The van der Waals surface area contributed by atoms with Gasteiger partial charge in [-0.25, -0.2) is 4.98 Å². The number of benzene rings is 1. The topological polar surface area (TPSA) is 101 Å². The van der Waals surface area contributed by atoms with Crippen LogP contribution in [0.25, 0.3) is 34.6 Å². The van der Waals surface area contributed by atoms with Crippen LogP contribution in [-0.4, -0.2) is 25.9 Å². The molecule has 2 N–H and O–H groups in total. The molecule has 3 heterocycles. The summed E-state index contributed by atoms with van der Waals surface area (Å²) < 4.78 is 5.47. The van der Waals surface area contributed by atoms with Crippen molar-refractivity contribution in [3.05, 3.63) is 82.0 Å². The van der Waals surface area contributed by atoms with Gasteiger partial charge in [-0.3, -0.25) is 14.6 Å². The van der Waals surface area contributed by atoms with Crippen molar-refractivity contribution in [3.8, 4) is 11.4 Å². The summed E-state index contributed by atoms with van der Waals surface area (Å²) in [7, 11) is 0.